The molecule has 0 rings (SSSR count). The Labute approximate surface area is 507 Å². The van der Waals surface area contributed by atoms with E-state index in [9.17, 15) is 14.4 Å². The third-order valence-electron chi connectivity index (χ3n) is 17.3. The molecular weight excluding hydrogens is 997 g/mol. The topological polar surface area (TPSA) is 78.9 Å². The maximum Gasteiger partial charge on any atom is 0.306 e. The molecule has 0 bridgehead atoms. The summed E-state index contributed by atoms with van der Waals surface area (Å²) >= 11 is 0. The first-order valence-electron chi connectivity index (χ1n) is 37.2. The molecule has 1 unspecified atom stereocenters. The lowest BCUT2D eigenvalue weighted by molar-refractivity contribution is -0.167. The lowest BCUT2D eigenvalue weighted by atomic mass is 10.0. The highest BCUT2D eigenvalue weighted by atomic mass is 16.6. The summed E-state index contributed by atoms with van der Waals surface area (Å²) in [6, 6.07) is 0. The fraction of sp³-hybridized carbons (Fsp3) is 0.933. The molecule has 0 spiro atoms. The minimum atomic E-state index is -0.768. The first kappa shape index (κ1) is 79.2. The Morgan fingerprint density at radius 2 is 0.407 bits per heavy atom. The van der Waals surface area contributed by atoms with E-state index in [0.717, 1.165) is 57.8 Å². The lowest BCUT2D eigenvalue weighted by Crippen LogP contribution is -2.30. The summed E-state index contributed by atoms with van der Waals surface area (Å²) in [5.74, 6) is -0.828. The van der Waals surface area contributed by atoms with E-state index in [1.807, 2.05) is 0 Å². The Hall–Kier alpha value is -1.85. The second-order valence-electron chi connectivity index (χ2n) is 25.6. The molecule has 480 valence electrons. The zero-order valence-electron chi connectivity index (χ0n) is 55.4. The summed E-state index contributed by atoms with van der Waals surface area (Å²) in [5, 5.41) is 0. The minimum absolute atomic E-state index is 0.0636. The highest BCUT2D eigenvalue weighted by Gasteiger charge is 2.20. The van der Waals surface area contributed by atoms with Gasteiger partial charge in [0.25, 0.3) is 0 Å². The Bertz CT molecular complexity index is 1260. The fourth-order valence-corrected chi connectivity index (χ4v) is 11.7. The van der Waals surface area contributed by atoms with Crippen LogP contribution in [0.5, 0.6) is 0 Å². The van der Waals surface area contributed by atoms with Gasteiger partial charge in [-0.2, -0.15) is 0 Å². The Kier molecular flexibility index (Phi) is 69.0. The molecule has 6 nitrogen and oxygen atoms in total. The molecule has 0 aliphatic carbocycles. The first-order valence-corrected chi connectivity index (χ1v) is 37.2. The van der Waals surface area contributed by atoms with Crippen LogP contribution in [0.4, 0.5) is 0 Å². The zero-order valence-corrected chi connectivity index (χ0v) is 55.4. The van der Waals surface area contributed by atoms with Crippen molar-refractivity contribution >= 4 is 17.9 Å². The summed E-state index contributed by atoms with van der Waals surface area (Å²) in [7, 11) is 0. The van der Waals surface area contributed by atoms with Crippen molar-refractivity contribution in [1.82, 2.24) is 0 Å². The lowest BCUT2D eigenvalue weighted by Gasteiger charge is -2.18. The summed E-state index contributed by atoms with van der Waals surface area (Å²) in [6.45, 7) is 6.74. The molecule has 81 heavy (non-hydrogen) atoms. The Balaban J connectivity index is 4.18. The second kappa shape index (κ2) is 70.6. The zero-order chi connectivity index (χ0) is 58.5. The average Bonchev–Trinajstić information content (AvgIpc) is 3.47. The monoisotopic (exact) mass is 1140 g/mol. The maximum atomic E-state index is 13.0. The summed E-state index contributed by atoms with van der Waals surface area (Å²) in [4.78, 5) is 38.5. The minimum Gasteiger partial charge on any atom is -0.462 e. The van der Waals surface area contributed by atoms with Crippen LogP contribution in [0, 0.1) is 0 Å². The van der Waals surface area contributed by atoms with Gasteiger partial charge in [0.2, 0.25) is 0 Å². The van der Waals surface area contributed by atoms with Gasteiger partial charge in [-0.15, -0.1) is 0 Å². The van der Waals surface area contributed by atoms with E-state index in [1.165, 1.54) is 334 Å². The van der Waals surface area contributed by atoms with E-state index in [0.29, 0.717) is 19.3 Å². The molecule has 0 saturated heterocycles. The molecule has 0 fully saturated rings. The van der Waals surface area contributed by atoms with Gasteiger partial charge in [0.15, 0.2) is 6.10 Å². The highest BCUT2D eigenvalue weighted by molar-refractivity contribution is 5.71. The van der Waals surface area contributed by atoms with Crippen molar-refractivity contribution in [2.45, 2.75) is 438 Å². The molecular formula is C75H144O6. The van der Waals surface area contributed by atoms with Crippen molar-refractivity contribution in [3.8, 4) is 0 Å². The number of allylic oxidation sites excluding steroid dienone is 2. The maximum absolute atomic E-state index is 13.0. The molecule has 0 heterocycles. The number of ether oxygens (including phenoxy) is 3. The molecule has 0 aliphatic heterocycles. The van der Waals surface area contributed by atoms with E-state index in [4.69, 9.17) is 14.2 Å². The van der Waals surface area contributed by atoms with Crippen molar-refractivity contribution in [1.29, 1.82) is 0 Å². The molecule has 1 atom stereocenters. The van der Waals surface area contributed by atoms with Crippen LogP contribution in [-0.4, -0.2) is 37.2 Å². The van der Waals surface area contributed by atoms with Gasteiger partial charge in [0.1, 0.15) is 13.2 Å². The van der Waals surface area contributed by atoms with Gasteiger partial charge in [-0.05, 0) is 44.9 Å². The van der Waals surface area contributed by atoms with Gasteiger partial charge < -0.3 is 14.2 Å². The summed E-state index contributed by atoms with van der Waals surface area (Å²) < 4.78 is 17.0. The summed E-state index contributed by atoms with van der Waals surface area (Å²) in [5.41, 5.74) is 0. The van der Waals surface area contributed by atoms with Gasteiger partial charge in [-0.3, -0.25) is 14.4 Å². The molecule has 0 amide bonds. The van der Waals surface area contributed by atoms with Crippen LogP contribution in [0.2, 0.25) is 0 Å². The third kappa shape index (κ3) is 68.8. The van der Waals surface area contributed by atoms with E-state index < -0.39 is 6.10 Å². The SMILES string of the molecule is CCCCCCCCCC/C=C\CCCCCCCCCCCC(=O)OC(COC(=O)CCCCCCCCCCCCCCCC)COC(=O)CCCCCCCCCCCCCCCCCCCCCCCCCCCCCC. The van der Waals surface area contributed by atoms with E-state index in [1.54, 1.807) is 0 Å². The number of carbonyl (C=O) groups is 3. The van der Waals surface area contributed by atoms with Crippen LogP contribution in [0.25, 0.3) is 0 Å². The summed E-state index contributed by atoms with van der Waals surface area (Å²) in [6.07, 6.45) is 85.4. The quantitative estimate of drug-likeness (QED) is 0.0261. The van der Waals surface area contributed by atoms with Gasteiger partial charge >= 0.3 is 17.9 Å². The molecule has 0 saturated carbocycles. The van der Waals surface area contributed by atoms with Crippen LogP contribution in [0.15, 0.2) is 12.2 Å². The van der Waals surface area contributed by atoms with Crippen LogP contribution >= 0.6 is 0 Å². The van der Waals surface area contributed by atoms with Gasteiger partial charge in [0, 0.05) is 19.3 Å². The Morgan fingerprint density at radius 1 is 0.235 bits per heavy atom. The van der Waals surface area contributed by atoms with Crippen LogP contribution in [-0.2, 0) is 28.6 Å². The van der Waals surface area contributed by atoms with Gasteiger partial charge in [-0.1, -0.05) is 380 Å². The number of carbonyl (C=O) groups excluding carboxylic acids is 3. The molecule has 0 N–H and O–H groups in total. The Morgan fingerprint density at radius 3 is 0.617 bits per heavy atom. The number of esters is 3. The standard InChI is InChI=1S/C75H144O6/c1-4-7-10-13-16-19-22-25-28-30-32-34-35-36-37-38-39-40-42-43-45-47-50-53-56-59-62-65-68-74(77)80-71-72(70-79-73(76)67-64-61-58-55-52-49-27-24-21-18-15-12-9-6-3)81-75(78)69-66-63-60-57-54-51-48-46-44-41-33-31-29-26-23-20-17-14-11-8-5-2/h31,33,72H,4-30,32,34-71H2,1-3H3/b33-31-. The van der Waals surface area contributed by atoms with Crippen molar-refractivity contribution in [3.63, 3.8) is 0 Å². The predicted molar refractivity (Wildman–Crippen MR) is 353 cm³/mol. The van der Waals surface area contributed by atoms with Crippen molar-refractivity contribution in [3.05, 3.63) is 12.2 Å². The smallest absolute Gasteiger partial charge is 0.306 e. The van der Waals surface area contributed by atoms with E-state index in [2.05, 4.69) is 32.9 Å². The number of unbranched alkanes of at least 4 members (excludes halogenated alkanes) is 57. The average molecular weight is 1140 g/mol. The van der Waals surface area contributed by atoms with Crippen LogP contribution < -0.4 is 0 Å². The number of hydrogen-bond donors (Lipinski definition) is 0. The van der Waals surface area contributed by atoms with E-state index >= 15 is 0 Å². The van der Waals surface area contributed by atoms with Crippen LogP contribution in [0.3, 0.4) is 0 Å². The van der Waals surface area contributed by atoms with Crippen molar-refractivity contribution in [2.24, 2.45) is 0 Å². The second-order valence-corrected chi connectivity index (χ2v) is 25.6. The molecule has 0 radical (unpaired) electrons. The fourth-order valence-electron chi connectivity index (χ4n) is 11.7. The molecule has 0 aromatic carbocycles. The molecule has 6 heteroatoms. The molecule has 0 aliphatic rings. The van der Waals surface area contributed by atoms with E-state index in [-0.39, 0.29) is 31.1 Å². The van der Waals surface area contributed by atoms with Gasteiger partial charge in [-0.25, -0.2) is 0 Å². The molecule has 0 aromatic heterocycles. The highest BCUT2D eigenvalue weighted by Crippen LogP contribution is 2.19. The van der Waals surface area contributed by atoms with Crippen molar-refractivity contribution < 1.29 is 28.6 Å². The predicted octanol–water partition coefficient (Wildman–Crippen LogP) is 25.6. The van der Waals surface area contributed by atoms with Gasteiger partial charge in [0.05, 0.1) is 0 Å². The van der Waals surface area contributed by atoms with Crippen LogP contribution in [0.1, 0.15) is 432 Å². The first-order chi connectivity index (χ1) is 40.0. The van der Waals surface area contributed by atoms with Crippen molar-refractivity contribution in [2.75, 3.05) is 13.2 Å². The third-order valence-corrected chi connectivity index (χ3v) is 17.3. The normalized spacial score (nSPS) is 12.0. The number of hydrogen-bond acceptors (Lipinski definition) is 6. The number of rotatable bonds is 70. The largest absolute Gasteiger partial charge is 0.462 e. The molecule has 0 aromatic rings.